The minimum atomic E-state index is -1.78. The van der Waals surface area contributed by atoms with Crippen LogP contribution in [0.2, 0.25) is 0 Å². The molecule has 7 amide bonds. The number of aliphatic hydroxyl groups excluding tert-OH is 1. The SMILES string of the molecule is CCCCCCCC(=O)NC(CCC(=O)O)C(=O)NC1C(=O)NC(CCCCN)C(=O)NC2CCC(O)N(C2=O)C(CC(C)C)C(=O)N(C)C(Cc2ccc(O)cc2)C(=O)NC(C(C)CC)C(=O)OC1C. The lowest BCUT2D eigenvalue weighted by Gasteiger charge is -2.43. The molecule has 71 heavy (non-hydrogen) atoms. The monoisotopic (exact) mass is 1000 g/mol. The van der Waals surface area contributed by atoms with Crippen LogP contribution in [-0.2, 0) is 54.3 Å². The van der Waals surface area contributed by atoms with Crippen LogP contribution in [0.1, 0.15) is 143 Å². The second-order valence-electron chi connectivity index (χ2n) is 19.4. The van der Waals surface area contributed by atoms with Crippen LogP contribution in [0, 0.1) is 11.8 Å². The van der Waals surface area contributed by atoms with E-state index < -0.39 is 120 Å². The number of hydrogen-bond donors (Lipinski definition) is 9. The van der Waals surface area contributed by atoms with E-state index in [1.807, 2.05) is 13.8 Å². The van der Waals surface area contributed by atoms with Gasteiger partial charge in [0.05, 0.1) is 0 Å². The van der Waals surface area contributed by atoms with Crippen LogP contribution in [0.5, 0.6) is 5.75 Å². The van der Waals surface area contributed by atoms with Gasteiger partial charge in [-0.25, -0.2) is 4.79 Å². The highest BCUT2D eigenvalue weighted by molar-refractivity contribution is 5.98. The third kappa shape index (κ3) is 18.4. The van der Waals surface area contributed by atoms with E-state index in [-0.39, 0.29) is 63.2 Å². The topological polar surface area (TPSA) is 316 Å². The Morgan fingerprint density at radius 1 is 0.845 bits per heavy atom. The fourth-order valence-electron chi connectivity index (χ4n) is 8.71. The second kappa shape index (κ2) is 29.5. The first-order valence-corrected chi connectivity index (χ1v) is 25.3. The van der Waals surface area contributed by atoms with E-state index in [2.05, 4.69) is 33.5 Å². The molecule has 1 aromatic rings. The summed E-state index contributed by atoms with van der Waals surface area (Å²) in [5.74, 6) is -8.77. The summed E-state index contributed by atoms with van der Waals surface area (Å²) in [6.07, 6.45) is 1.22. The number of hydrogen-bond acceptors (Lipinski definition) is 13. The molecule has 0 saturated carbocycles. The summed E-state index contributed by atoms with van der Waals surface area (Å²) in [4.78, 5) is 129. The number of aliphatic hydroxyl groups is 1. The maximum Gasteiger partial charge on any atom is 0.329 e. The zero-order valence-corrected chi connectivity index (χ0v) is 42.6. The Morgan fingerprint density at radius 2 is 1.52 bits per heavy atom. The summed E-state index contributed by atoms with van der Waals surface area (Å²) >= 11 is 0. The van der Waals surface area contributed by atoms with Crippen LogP contribution >= 0.6 is 0 Å². The molecule has 0 aliphatic carbocycles. The van der Waals surface area contributed by atoms with Crippen LogP contribution < -0.4 is 32.3 Å². The molecule has 21 nitrogen and oxygen atoms in total. The van der Waals surface area contributed by atoms with Gasteiger partial charge >= 0.3 is 11.9 Å². The Morgan fingerprint density at radius 3 is 2.14 bits per heavy atom. The third-order valence-electron chi connectivity index (χ3n) is 13.2. The Bertz CT molecular complexity index is 1970. The van der Waals surface area contributed by atoms with E-state index >= 15 is 0 Å². The Hall–Kier alpha value is -5.83. The molecule has 1 aromatic carbocycles. The van der Waals surface area contributed by atoms with Crippen LogP contribution in [-0.4, -0.2) is 147 Å². The quantitative estimate of drug-likeness (QED) is 0.0592. The molecule has 2 aliphatic rings. The highest BCUT2D eigenvalue weighted by Gasteiger charge is 2.46. The van der Waals surface area contributed by atoms with E-state index in [0.717, 1.165) is 35.5 Å². The number of carboxylic acids is 1. The first kappa shape index (κ1) is 59.5. The summed E-state index contributed by atoms with van der Waals surface area (Å²) in [7, 11) is 1.37. The number of rotatable bonds is 22. The molecule has 10 unspecified atom stereocenters. The van der Waals surface area contributed by atoms with Gasteiger partial charge in [0.15, 0.2) is 0 Å². The minimum Gasteiger partial charge on any atom is -0.508 e. The molecule has 2 bridgehead atoms. The number of likely N-dealkylation sites (N-methyl/N-ethyl adjacent to an activating group) is 1. The predicted molar refractivity (Wildman–Crippen MR) is 262 cm³/mol. The van der Waals surface area contributed by atoms with Gasteiger partial charge in [-0.3, -0.25) is 38.4 Å². The fourth-order valence-corrected chi connectivity index (χ4v) is 8.71. The Kier molecular flexibility index (Phi) is 24.7. The number of ether oxygens (including phenoxy) is 1. The maximum absolute atomic E-state index is 14.9. The van der Waals surface area contributed by atoms with Crippen molar-refractivity contribution in [3.63, 3.8) is 0 Å². The van der Waals surface area contributed by atoms with E-state index in [1.165, 1.54) is 26.1 Å². The van der Waals surface area contributed by atoms with Crippen molar-refractivity contribution in [2.24, 2.45) is 17.6 Å². The van der Waals surface area contributed by atoms with Crippen molar-refractivity contribution in [1.82, 2.24) is 36.4 Å². The van der Waals surface area contributed by atoms with E-state index in [4.69, 9.17) is 10.5 Å². The molecule has 398 valence electrons. The number of aliphatic carboxylic acids is 1. The lowest BCUT2D eigenvalue weighted by atomic mass is 9.94. The number of fused-ring (bicyclic) bond motifs is 2. The van der Waals surface area contributed by atoms with E-state index in [0.29, 0.717) is 31.2 Å². The number of phenols is 1. The number of benzene rings is 1. The van der Waals surface area contributed by atoms with Crippen molar-refractivity contribution in [2.45, 2.75) is 199 Å². The van der Waals surface area contributed by atoms with Gasteiger partial charge in [-0.15, -0.1) is 0 Å². The number of carbonyl (C=O) groups is 9. The lowest BCUT2D eigenvalue weighted by Crippen LogP contribution is -2.65. The number of amides is 7. The van der Waals surface area contributed by atoms with Crippen LogP contribution in [0.25, 0.3) is 0 Å². The van der Waals surface area contributed by atoms with Crippen molar-refractivity contribution < 1.29 is 63.2 Å². The molecule has 3 rings (SSSR count). The molecule has 2 aliphatic heterocycles. The van der Waals surface area contributed by atoms with Gasteiger partial charge in [0.25, 0.3) is 0 Å². The second-order valence-corrected chi connectivity index (χ2v) is 19.4. The average molecular weight is 1000 g/mol. The molecule has 0 spiro atoms. The smallest absolute Gasteiger partial charge is 0.329 e. The first-order valence-electron chi connectivity index (χ1n) is 25.3. The van der Waals surface area contributed by atoms with Gasteiger partial charge in [-0.1, -0.05) is 78.9 Å². The fraction of sp³-hybridized carbons (Fsp3) is 0.700. The highest BCUT2D eigenvalue weighted by Crippen LogP contribution is 2.27. The minimum absolute atomic E-state index is 0.00377. The molecule has 2 saturated heterocycles. The molecule has 0 aromatic heterocycles. The molecule has 10 atom stereocenters. The number of carbonyl (C=O) groups excluding carboxylic acids is 8. The van der Waals surface area contributed by atoms with Gasteiger partial charge in [-0.2, -0.15) is 0 Å². The molecule has 10 N–H and O–H groups in total. The summed E-state index contributed by atoms with van der Waals surface area (Å²) < 4.78 is 5.93. The van der Waals surface area contributed by atoms with Gasteiger partial charge in [0.2, 0.25) is 41.4 Å². The normalized spacial score (nSPS) is 24.9. The maximum atomic E-state index is 14.9. The van der Waals surface area contributed by atoms with E-state index in [9.17, 15) is 58.5 Å². The number of cyclic esters (lactones) is 1. The summed E-state index contributed by atoms with van der Waals surface area (Å²) in [6.45, 7) is 10.7. The number of unbranched alkanes of at least 4 members (excludes halogenated alkanes) is 5. The standard InChI is InChI=1S/C50H80N8O13/c1-8-10-11-12-13-17-39(60)52-35(23-25-41(62)63)45(65)56-43-31(6)71-50(70)42(30(5)9-2)55-46(66)37(28-32-18-20-33(59)21-19-32)57(7)49(69)38(27-29(3)4)58-40(61)24-22-36(48(58)68)54-44(64)34(53-47(43)67)16-14-15-26-51/h18-21,29-31,34-38,40,42-43,59,61H,8-17,22-28,51H2,1-7H3,(H,52,60)(H,53,67)(H,54,64)(H,55,66)(H,56,65)(H,62,63). The zero-order valence-electron chi connectivity index (χ0n) is 42.6. The van der Waals surface area contributed by atoms with Crippen LogP contribution in [0.4, 0.5) is 0 Å². The summed E-state index contributed by atoms with van der Waals surface area (Å²) in [5, 5.41) is 44.3. The van der Waals surface area contributed by atoms with Crippen molar-refractivity contribution >= 4 is 53.3 Å². The largest absolute Gasteiger partial charge is 0.508 e. The van der Waals surface area contributed by atoms with Gasteiger partial charge in [-0.05, 0) is 94.4 Å². The zero-order chi connectivity index (χ0) is 52.9. The molecule has 2 fully saturated rings. The Labute approximate surface area is 417 Å². The first-order chi connectivity index (χ1) is 33.6. The number of phenolic OH excluding ortho intramolecular Hbond substituents is 1. The van der Waals surface area contributed by atoms with Crippen LogP contribution in [0.15, 0.2) is 24.3 Å². The predicted octanol–water partition coefficient (Wildman–Crippen LogP) is 1.89. The third-order valence-corrected chi connectivity index (χ3v) is 13.2. The molecule has 21 heteroatoms. The molecule has 2 heterocycles. The number of nitrogens with zero attached hydrogens (tertiary/aromatic N) is 2. The number of piperidine rings is 1. The number of carboxylic acid groups (broad SMARTS) is 1. The van der Waals surface area contributed by atoms with Crippen LogP contribution in [0.3, 0.4) is 0 Å². The summed E-state index contributed by atoms with van der Waals surface area (Å²) in [6, 6.07) is -4.02. The number of nitrogens with one attached hydrogen (secondary N) is 5. The number of aromatic hydroxyl groups is 1. The number of nitrogens with two attached hydrogens (primary N) is 1. The van der Waals surface area contributed by atoms with Gasteiger partial charge in [0, 0.05) is 26.3 Å². The van der Waals surface area contributed by atoms with Crippen molar-refractivity contribution in [2.75, 3.05) is 13.6 Å². The molecule has 0 radical (unpaired) electrons. The van der Waals surface area contributed by atoms with E-state index in [1.54, 1.807) is 26.0 Å². The average Bonchev–Trinajstić information content (AvgIpc) is 3.32. The van der Waals surface area contributed by atoms with Gasteiger partial charge < -0.3 is 62.2 Å². The Balaban J connectivity index is 2.21. The van der Waals surface area contributed by atoms with Crippen molar-refractivity contribution in [3.8, 4) is 5.75 Å². The van der Waals surface area contributed by atoms with Crippen molar-refractivity contribution in [1.29, 1.82) is 0 Å². The van der Waals surface area contributed by atoms with Crippen molar-refractivity contribution in [3.05, 3.63) is 29.8 Å². The van der Waals surface area contributed by atoms with Gasteiger partial charge in [0.1, 0.15) is 60.4 Å². The summed E-state index contributed by atoms with van der Waals surface area (Å²) in [5.41, 5.74) is 6.30. The number of esters is 1. The molecular formula is C50H80N8O13. The lowest BCUT2D eigenvalue weighted by molar-refractivity contribution is -0.166. The molecular weight excluding hydrogens is 921 g/mol. The highest BCUT2D eigenvalue weighted by atomic mass is 16.5.